The number of carbonyl (C=O) groups is 1. The Morgan fingerprint density at radius 2 is 1.91 bits per heavy atom. The van der Waals surface area contributed by atoms with Crippen LogP contribution in [0.3, 0.4) is 0 Å². The summed E-state index contributed by atoms with van der Waals surface area (Å²) >= 11 is 5.90. The third-order valence-electron chi connectivity index (χ3n) is 3.80. The van der Waals surface area contributed by atoms with E-state index in [0.717, 1.165) is 37.7 Å². The third-order valence-corrected chi connectivity index (χ3v) is 4.06. The van der Waals surface area contributed by atoms with Crippen molar-refractivity contribution in [3.63, 3.8) is 0 Å². The molecule has 0 saturated carbocycles. The average molecular weight is 326 g/mol. The van der Waals surface area contributed by atoms with Gasteiger partial charge >= 0.3 is 0 Å². The van der Waals surface area contributed by atoms with E-state index in [1.165, 1.54) is 5.56 Å². The average Bonchev–Trinajstić information content (AvgIpc) is 2.54. The number of hydrogen-bond acceptors (Lipinski definition) is 4. The van der Waals surface area contributed by atoms with Gasteiger partial charge in [-0.2, -0.15) is 0 Å². The lowest BCUT2D eigenvalue weighted by atomic mass is 10.2. The van der Waals surface area contributed by atoms with Gasteiger partial charge in [0.1, 0.15) is 0 Å². The molecule has 0 bridgehead atoms. The number of nitrogens with zero attached hydrogens (tertiary/aromatic N) is 2. The van der Waals surface area contributed by atoms with Crippen LogP contribution in [0.5, 0.6) is 0 Å². The highest BCUT2D eigenvalue weighted by Gasteiger charge is 2.20. The number of amides is 1. The number of carbonyl (C=O) groups excluding carboxylic acids is 1. The summed E-state index contributed by atoms with van der Waals surface area (Å²) in [5, 5.41) is 3.86. The fraction of sp³-hybridized carbons (Fsp3) is 0.562. The molecule has 0 unspecified atom stereocenters. The summed E-state index contributed by atoms with van der Waals surface area (Å²) in [6, 6.07) is 7.95. The summed E-state index contributed by atoms with van der Waals surface area (Å²) in [6.45, 7) is 6.03. The second kappa shape index (κ2) is 9.10. The zero-order chi connectivity index (χ0) is 15.8. The number of halogens is 1. The van der Waals surface area contributed by atoms with Crippen molar-refractivity contribution in [2.24, 2.45) is 0 Å². The molecule has 0 radical (unpaired) electrons. The monoisotopic (exact) mass is 325 g/mol. The van der Waals surface area contributed by atoms with Crippen molar-refractivity contribution in [2.45, 2.75) is 6.54 Å². The van der Waals surface area contributed by atoms with Crippen LogP contribution in [0.25, 0.3) is 0 Å². The van der Waals surface area contributed by atoms with Gasteiger partial charge in [-0.1, -0.05) is 23.7 Å². The van der Waals surface area contributed by atoms with E-state index in [0.29, 0.717) is 19.7 Å². The molecule has 1 N–H and O–H groups in total. The molecule has 2 rings (SSSR count). The molecule has 122 valence electrons. The second-order valence-electron chi connectivity index (χ2n) is 5.45. The molecule has 6 heteroatoms. The fourth-order valence-corrected chi connectivity index (χ4v) is 2.61. The van der Waals surface area contributed by atoms with Crippen molar-refractivity contribution >= 4 is 17.5 Å². The molecule has 1 amide bonds. The molecule has 0 aliphatic carbocycles. The lowest BCUT2D eigenvalue weighted by Gasteiger charge is -2.34. The van der Waals surface area contributed by atoms with E-state index < -0.39 is 0 Å². The van der Waals surface area contributed by atoms with Gasteiger partial charge in [0, 0.05) is 51.4 Å². The molecule has 1 aromatic rings. The number of benzene rings is 1. The highest BCUT2D eigenvalue weighted by Crippen LogP contribution is 2.12. The minimum absolute atomic E-state index is 0.169. The topological polar surface area (TPSA) is 44.8 Å². The van der Waals surface area contributed by atoms with Crippen molar-refractivity contribution in [2.75, 3.05) is 53.0 Å². The Morgan fingerprint density at radius 1 is 1.23 bits per heavy atom. The van der Waals surface area contributed by atoms with E-state index in [9.17, 15) is 4.79 Å². The van der Waals surface area contributed by atoms with Crippen molar-refractivity contribution in [3.05, 3.63) is 34.9 Å². The number of methoxy groups -OCH3 is 1. The summed E-state index contributed by atoms with van der Waals surface area (Å²) in [5.41, 5.74) is 1.26. The van der Waals surface area contributed by atoms with Crippen molar-refractivity contribution in [1.82, 2.24) is 15.1 Å². The molecule has 0 atom stereocenters. The van der Waals surface area contributed by atoms with Crippen molar-refractivity contribution in [3.8, 4) is 0 Å². The van der Waals surface area contributed by atoms with Gasteiger partial charge in [-0.05, 0) is 17.7 Å². The molecular weight excluding hydrogens is 302 g/mol. The summed E-state index contributed by atoms with van der Waals surface area (Å²) in [5.74, 6) is 0.169. The van der Waals surface area contributed by atoms with E-state index in [1.54, 1.807) is 7.11 Å². The first-order valence-corrected chi connectivity index (χ1v) is 8.01. The van der Waals surface area contributed by atoms with E-state index in [-0.39, 0.29) is 5.91 Å². The van der Waals surface area contributed by atoms with Crippen LogP contribution in [0, 0.1) is 0 Å². The van der Waals surface area contributed by atoms with Gasteiger partial charge < -0.3 is 15.0 Å². The predicted molar refractivity (Wildman–Crippen MR) is 88.1 cm³/mol. The van der Waals surface area contributed by atoms with Crippen LogP contribution in [0.15, 0.2) is 24.3 Å². The number of ether oxygens (including phenoxy) is 1. The Bertz CT molecular complexity index is 459. The Morgan fingerprint density at radius 3 is 2.55 bits per heavy atom. The molecule has 1 aliphatic heterocycles. The highest BCUT2D eigenvalue weighted by molar-refractivity contribution is 6.30. The largest absolute Gasteiger partial charge is 0.383 e. The number of rotatable bonds is 7. The van der Waals surface area contributed by atoms with Gasteiger partial charge in [0.25, 0.3) is 0 Å². The first-order valence-electron chi connectivity index (χ1n) is 7.63. The van der Waals surface area contributed by atoms with Crippen LogP contribution >= 0.6 is 11.6 Å². The Labute approximate surface area is 137 Å². The maximum absolute atomic E-state index is 12.1. The first-order chi connectivity index (χ1) is 10.7. The van der Waals surface area contributed by atoms with Crippen LogP contribution in [0.1, 0.15) is 5.56 Å². The number of piperazine rings is 1. The van der Waals surface area contributed by atoms with E-state index in [1.807, 2.05) is 17.0 Å². The quantitative estimate of drug-likeness (QED) is 0.766. The maximum atomic E-state index is 12.1. The van der Waals surface area contributed by atoms with Gasteiger partial charge in [0.2, 0.25) is 5.91 Å². The summed E-state index contributed by atoms with van der Waals surface area (Å²) in [7, 11) is 1.66. The molecule has 1 fully saturated rings. The van der Waals surface area contributed by atoms with Crippen molar-refractivity contribution in [1.29, 1.82) is 0 Å². The van der Waals surface area contributed by atoms with E-state index >= 15 is 0 Å². The molecule has 22 heavy (non-hydrogen) atoms. The molecule has 1 aliphatic rings. The summed E-state index contributed by atoms with van der Waals surface area (Å²) in [6.07, 6.45) is 0. The standard InChI is InChI=1S/C16H24ClN3O2/c1-22-11-6-18-12-16(21)20-9-7-19(8-10-20)13-14-2-4-15(17)5-3-14/h2-5,18H,6-13H2,1H3. The van der Waals surface area contributed by atoms with E-state index in [4.69, 9.17) is 16.3 Å². The van der Waals surface area contributed by atoms with Crippen LogP contribution in [0.2, 0.25) is 5.02 Å². The van der Waals surface area contributed by atoms with Crippen LogP contribution in [-0.4, -0.2) is 68.7 Å². The van der Waals surface area contributed by atoms with Gasteiger partial charge in [-0.15, -0.1) is 0 Å². The SMILES string of the molecule is COCCNCC(=O)N1CCN(Cc2ccc(Cl)cc2)CC1. The summed E-state index contributed by atoms with van der Waals surface area (Å²) in [4.78, 5) is 16.3. The van der Waals surface area contributed by atoms with Crippen LogP contribution < -0.4 is 5.32 Å². The number of hydrogen-bond donors (Lipinski definition) is 1. The Balaban J connectivity index is 1.68. The van der Waals surface area contributed by atoms with Gasteiger partial charge in [0.05, 0.1) is 13.2 Å². The smallest absolute Gasteiger partial charge is 0.236 e. The van der Waals surface area contributed by atoms with Crippen molar-refractivity contribution < 1.29 is 9.53 Å². The zero-order valence-electron chi connectivity index (χ0n) is 13.1. The third kappa shape index (κ3) is 5.57. The summed E-state index contributed by atoms with van der Waals surface area (Å²) < 4.78 is 4.94. The minimum Gasteiger partial charge on any atom is -0.383 e. The molecule has 1 heterocycles. The lowest BCUT2D eigenvalue weighted by molar-refractivity contribution is -0.132. The molecule has 0 aromatic heterocycles. The van der Waals surface area contributed by atoms with Gasteiger partial charge in [-0.25, -0.2) is 0 Å². The van der Waals surface area contributed by atoms with Crippen LogP contribution in [-0.2, 0) is 16.1 Å². The maximum Gasteiger partial charge on any atom is 0.236 e. The van der Waals surface area contributed by atoms with Crippen LogP contribution in [0.4, 0.5) is 0 Å². The highest BCUT2D eigenvalue weighted by atomic mass is 35.5. The normalized spacial score (nSPS) is 16.0. The first kappa shape index (κ1) is 17.2. The van der Waals surface area contributed by atoms with E-state index in [2.05, 4.69) is 22.3 Å². The molecule has 0 spiro atoms. The molecule has 5 nitrogen and oxygen atoms in total. The van der Waals surface area contributed by atoms with Gasteiger partial charge in [0.15, 0.2) is 0 Å². The minimum atomic E-state index is 0.169. The lowest BCUT2D eigenvalue weighted by Crippen LogP contribution is -2.50. The molecule has 1 aromatic carbocycles. The Kier molecular flexibility index (Phi) is 7.12. The number of nitrogens with one attached hydrogen (secondary N) is 1. The molecular formula is C16H24ClN3O2. The second-order valence-corrected chi connectivity index (χ2v) is 5.89. The zero-order valence-corrected chi connectivity index (χ0v) is 13.8. The Hall–Kier alpha value is -1.14. The predicted octanol–water partition coefficient (Wildman–Crippen LogP) is 1.22. The fourth-order valence-electron chi connectivity index (χ4n) is 2.48. The van der Waals surface area contributed by atoms with Gasteiger partial charge in [-0.3, -0.25) is 9.69 Å². The molecule has 1 saturated heterocycles.